The Hall–Kier alpha value is -7.68. The second-order valence-electron chi connectivity index (χ2n) is 15.2. The molecule has 0 radical (unpaired) electrons. The average molecular weight is 926 g/mol. The number of phenolic OH excluding ortho intramolecular Hbond substituents is 2. The van der Waals surface area contributed by atoms with Gasteiger partial charge in [0, 0.05) is 33.3 Å². The molecule has 0 aromatic heterocycles. The van der Waals surface area contributed by atoms with Gasteiger partial charge < -0.3 is 30.3 Å². The second kappa shape index (κ2) is 20.4. The van der Waals surface area contributed by atoms with Crippen molar-refractivity contribution in [2.75, 3.05) is 35.6 Å². The zero-order chi connectivity index (χ0) is 47.1. The Morgan fingerprint density at radius 3 is 1.26 bits per heavy atom. The number of rotatable bonds is 14. The number of carbonyl (C=O) groups is 4. The molecule has 4 N–H and O–H groups in total. The normalized spacial score (nSPS) is 11.4. The summed E-state index contributed by atoms with van der Waals surface area (Å²) >= 11 is 11.2. The van der Waals surface area contributed by atoms with Crippen molar-refractivity contribution < 1.29 is 38.9 Å². The maximum Gasteiger partial charge on any atom is 0.338 e. The van der Waals surface area contributed by atoms with E-state index in [-0.39, 0.29) is 59.7 Å². The number of ether oxygens (including phenoxy) is 2. The predicted octanol–water partition coefficient (Wildman–Crippen LogP) is 12.8. The average Bonchev–Trinajstić information content (AvgIpc) is 3.31. The number of aromatic hydroxyl groups is 2. The van der Waals surface area contributed by atoms with Gasteiger partial charge in [-0.25, -0.2) is 9.59 Å². The Labute approximate surface area is 388 Å². The van der Waals surface area contributed by atoms with Crippen molar-refractivity contribution in [2.24, 2.45) is 20.5 Å². The largest absolute Gasteiger partial charge is 0.506 e. The standard InChI is InChI=1S/C50H42Cl2N6O8/c1-27-21-35(49(63)65-19-17-51)7-13-39(27)55-57-45-37-11-5-33(25-31(37)9-15-43(45)59)47(61)53-41-23-30(4)42(24-29(41)3)54-48(62)34-6-12-38-32(26-34)10-16-44(60)46(38)58-56-40-14-8-36(22-28(40)2)50(64)66-20-18-52/h5-16,21-26,59-60H,17-20H2,1-4H3,(H,53,61)(H,54,62). The molecule has 0 saturated carbocycles. The van der Waals surface area contributed by atoms with Gasteiger partial charge in [-0.1, -0.05) is 24.3 Å². The fourth-order valence-electron chi connectivity index (χ4n) is 7.00. The molecule has 66 heavy (non-hydrogen) atoms. The Morgan fingerprint density at radius 2 is 0.879 bits per heavy atom. The molecule has 0 unspecified atom stereocenters. The molecule has 0 aliphatic carbocycles. The first-order chi connectivity index (χ1) is 31.7. The molecule has 0 heterocycles. The van der Waals surface area contributed by atoms with Gasteiger partial charge in [0.2, 0.25) is 0 Å². The van der Waals surface area contributed by atoms with E-state index in [1.807, 2.05) is 13.8 Å². The zero-order valence-electron chi connectivity index (χ0n) is 36.1. The lowest BCUT2D eigenvalue weighted by Crippen LogP contribution is -2.15. The number of azo groups is 2. The van der Waals surface area contributed by atoms with Crippen LogP contribution in [0, 0.1) is 27.7 Å². The van der Waals surface area contributed by atoms with Crippen LogP contribution in [0.4, 0.5) is 34.1 Å². The first-order valence-electron chi connectivity index (χ1n) is 20.5. The quantitative estimate of drug-likeness (QED) is 0.0469. The molecule has 2 amide bonds. The minimum absolute atomic E-state index is 0.0981. The van der Waals surface area contributed by atoms with Crippen molar-refractivity contribution in [3.8, 4) is 11.5 Å². The van der Waals surface area contributed by atoms with Crippen molar-refractivity contribution in [2.45, 2.75) is 27.7 Å². The van der Waals surface area contributed by atoms with Gasteiger partial charge in [-0.3, -0.25) is 9.59 Å². The summed E-state index contributed by atoms with van der Waals surface area (Å²) in [5.41, 5.74) is 6.66. The molecule has 14 nitrogen and oxygen atoms in total. The van der Waals surface area contributed by atoms with Gasteiger partial charge in [-0.2, -0.15) is 10.2 Å². The third-order valence-electron chi connectivity index (χ3n) is 10.5. The highest BCUT2D eigenvalue weighted by Crippen LogP contribution is 2.39. The number of halogens is 2. The van der Waals surface area contributed by atoms with E-state index in [0.29, 0.717) is 88.8 Å². The number of aryl methyl sites for hydroxylation is 4. The fourth-order valence-corrected chi connectivity index (χ4v) is 7.15. The third kappa shape index (κ3) is 10.5. The smallest absolute Gasteiger partial charge is 0.338 e. The third-order valence-corrected chi connectivity index (χ3v) is 10.8. The summed E-state index contributed by atoms with van der Waals surface area (Å²) in [6, 6.07) is 29.6. The van der Waals surface area contributed by atoms with E-state index >= 15 is 0 Å². The molecule has 7 aromatic carbocycles. The highest BCUT2D eigenvalue weighted by molar-refractivity contribution is 6.18. The Balaban J connectivity index is 1.03. The first kappa shape index (κ1) is 46.3. The van der Waals surface area contributed by atoms with Gasteiger partial charge in [0.05, 0.1) is 34.3 Å². The van der Waals surface area contributed by atoms with E-state index in [1.54, 1.807) is 111 Å². The van der Waals surface area contributed by atoms with E-state index in [2.05, 4.69) is 31.1 Å². The van der Waals surface area contributed by atoms with Crippen molar-refractivity contribution in [3.05, 3.63) is 154 Å². The molecule has 334 valence electrons. The molecule has 7 aromatic rings. The minimum atomic E-state index is -0.498. The number of hydrogen-bond acceptors (Lipinski definition) is 12. The van der Waals surface area contributed by atoms with E-state index < -0.39 is 11.9 Å². The molecule has 7 rings (SSSR count). The van der Waals surface area contributed by atoms with Crippen LogP contribution in [0.5, 0.6) is 11.5 Å². The monoisotopic (exact) mass is 924 g/mol. The number of carbonyl (C=O) groups excluding carboxylic acids is 4. The molecule has 0 fully saturated rings. The van der Waals surface area contributed by atoms with Gasteiger partial charge in [0.1, 0.15) is 36.1 Å². The number of benzene rings is 7. The topological polar surface area (TPSA) is 201 Å². The van der Waals surface area contributed by atoms with Crippen LogP contribution in [-0.2, 0) is 9.47 Å². The molecule has 0 aliphatic heterocycles. The van der Waals surface area contributed by atoms with E-state index in [1.165, 1.54) is 12.1 Å². The van der Waals surface area contributed by atoms with Gasteiger partial charge in [-0.05, 0) is 146 Å². The molecular formula is C50H42Cl2N6O8. The van der Waals surface area contributed by atoms with E-state index in [9.17, 15) is 29.4 Å². The molecule has 0 atom stereocenters. The highest BCUT2D eigenvalue weighted by atomic mass is 35.5. The number of alkyl halides is 2. The molecule has 0 saturated heterocycles. The number of phenols is 2. The summed E-state index contributed by atoms with van der Waals surface area (Å²) in [5, 5.41) is 47.1. The zero-order valence-corrected chi connectivity index (χ0v) is 37.6. The first-order valence-corrected chi connectivity index (χ1v) is 21.6. The van der Waals surface area contributed by atoms with E-state index in [0.717, 1.165) is 0 Å². The van der Waals surface area contributed by atoms with Crippen LogP contribution >= 0.6 is 23.2 Å². The number of nitrogens with one attached hydrogen (secondary N) is 2. The van der Waals surface area contributed by atoms with E-state index in [4.69, 9.17) is 32.7 Å². The Bertz CT molecular complexity index is 2930. The Morgan fingerprint density at radius 1 is 0.485 bits per heavy atom. The minimum Gasteiger partial charge on any atom is -0.506 e. The van der Waals surface area contributed by atoms with Crippen LogP contribution < -0.4 is 10.6 Å². The molecule has 0 bridgehead atoms. The lowest BCUT2D eigenvalue weighted by atomic mass is 10.0. The lowest BCUT2D eigenvalue weighted by Gasteiger charge is -2.15. The predicted molar refractivity (Wildman–Crippen MR) is 256 cm³/mol. The number of hydrogen-bond donors (Lipinski definition) is 4. The summed E-state index contributed by atoms with van der Waals surface area (Å²) < 4.78 is 10.2. The maximum atomic E-state index is 13.6. The van der Waals surface area contributed by atoms with Crippen LogP contribution in [0.25, 0.3) is 21.5 Å². The van der Waals surface area contributed by atoms with Crippen molar-refractivity contribution in [1.29, 1.82) is 0 Å². The van der Waals surface area contributed by atoms with Crippen molar-refractivity contribution >= 4 is 103 Å². The molecule has 0 aliphatic rings. The number of amides is 2. The lowest BCUT2D eigenvalue weighted by molar-refractivity contribution is 0.0519. The van der Waals surface area contributed by atoms with Gasteiger partial charge in [0.15, 0.2) is 0 Å². The summed E-state index contributed by atoms with van der Waals surface area (Å²) in [6.45, 7) is 7.39. The van der Waals surface area contributed by atoms with Gasteiger partial charge in [-0.15, -0.1) is 33.4 Å². The Kier molecular flexibility index (Phi) is 14.3. The highest BCUT2D eigenvalue weighted by Gasteiger charge is 2.17. The van der Waals surface area contributed by atoms with Gasteiger partial charge in [0.25, 0.3) is 11.8 Å². The molecule has 0 spiro atoms. The summed E-state index contributed by atoms with van der Waals surface area (Å²) in [7, 11) is 0. The number of fused-ring (bicyclic) bond motifs is 2. The second-order valence-corrected chi connectivity index (χ2v) is 15.9. The van der Waals surface area contributed by atoms with Crippen LogP contribution in [0.2, 0.25) is 0 Å². The summed E-state index contributed by atoms with van der Waals surface area (Å²) in [5.74, 6) is -1.56. The summed E-state index contributed by atoms with van der Waals surface area (Å²) in [6.07, 6.45) is 0. The van der Waals surface area contributed by atoms with Crippen LogP contribution in [0.1, 0.15) is 63.7 Å². The van der Waals surface area contributed by atoms with Crippen molar-refractivity contribution in [1.82, 2.24) is 0 Å². The SMILES string of the molecule is Cc1cc(C(=O)OCCCl)ccc1N=Nc1c(O)ccc2cc(C(=O)Nc3cc(C)c(NC(=O)c4ccc5c(N=Nc6ccc(C(=O)OCCCl)cc6C)c(O)ccc5c4)cc3C)ccc12. The number of anilines is 2. The van der Waals surface area contributed by atoms with Crippen LogP contribution in [0.15, 0.2) is 130 Å². The molecular weight excluding hydrogens is 883 g/mol. The van der Waals surface area contributed by atoms with Crippen molar-refractivity contribution in [3.63, 3.8) is 0 Å². The molecule has 16 heteroatoms. The maximum absolute atomic E-state index is 13.6. The fraction of sp³-hybridized carbons (Fsp3) is 0.160. The summed E-state index contributed by atoms with van der Waals surface area (Å²) in [4.78, 5) is 51.6. The number of esters is 2. The number of nitrogens with zero attached hydrogens (tertiary/aromatic N) is 4. The van der Waals surface area contributed by atoms with Crippen LogP contribution in [0.3, 0.4) is 0 Å². The van der Waals surface area contributed by atoms with Gasteiger partial charge >= 0.3 is 11.9 Å². The van der Waals surface area contributed by atoms with Crippen LogP contribution in [-0.4, -0.2) is 58.9 Å².